The molecule has 0 spiro atoms. The van der Waals surface area contributed by atoms with Gasteiger partial charge in [-0.2, -0.15) is 9.40 Å². The molecule has 6 nitrogen and oxygen atoms in total. The molecule has 18 heavy (non-hydrogen) atoms. The fourth-order valence-electron chi connectivity index (χ4n) is 2.06. The lowest BCUT2D eigenvalue weighted by molar-refractivity contribution is 0.243. The molecular weight excluding hydrogens is 276 g/mol. The SMILES string of the molecule is CC1CN(S(=O)(=O)c2ccnn2C)C(C)CN1.Cl. The van der Waals surface area contributed by atoms with E-state index in [0.29, 0.717) is 13.1 Å². The van der Waals surface area contributed by atoms with Gasteiger partial charge in [0, 0.05) is 32.2 Å². The zero-order valence-electron chi connectivity index (χ0n) is 10.7. The molecule has 0 aromatic carbocycles. The van der Waals surface area contributed by atoms with Gasteiger partial charge in [-0.1, -0.05) is 0 Å². The molecule has 2 atom stereocenters. The van der Waals surface area contributed by atoms with Crippen LogP contribution in [0.1, 0.15) is 13.8 Å². The van der Waals surface area contributed by atoms with E-state index in [0.717, 1.165) is 0 Å². The molecule has 0 bridgehead atoms. The molecule has 2 rings (SSSR count). The second-order valence-electron chi connectivity index (χ2n) is 4.53. The van der Waals surface area contributed by atoms with Crippen LogP contribution in [0.5, 0.6) is 0 Å². The van der Waals surface area contributed by atoms with Crippen molar-refractivity contribution < 1.29 is 8.42 Å². The lowest BCUT2D eigenvalue weighted by atomic mass is 10.2. The van der Waals surface area contributed by atoms with Crippen molar-refractivity contribution in [3.63, 3.8) is 0 Å². The van der Waals surface area contributed by atoms with Gasteiger partial charge in [-0.05, 0) is 19.9 Å². The lowest BCUT2D eigenvalue weighted by Crippen LogP contribution is -2.56. The third kappa shape index (κ3) is 2.69. The van der Waals surface area contributed by atoms with Crippen molar-refractivity contribution in [1.29, 1.82) is 0 Å². The lowest BCUT2D eigenvalue weighted by Gasteiger charge is -2.36. The van der Waals surface area contributed by atoms with E-state index in [4.69, 9.17) is 0 Å². The molecule has 2 heterocycles. The third-order valence-electron chi connectivity index (χ3n) is 3.06. The number of rotatable bonds is 2. The maximum atomic E-state index is 12.5. The highest BCUT2D eigenvalue weighted by Gasteiger charge is 2.34. The predicted molar refractivity (Wildman–Crippen MR) is 71.3 cm³/mol. The smallest absolute Gasteiger partial charge is 0.260 e. The average molecular weight is 295 g/mol. The summed E-state index contributed by atoms with van der Waals surface area (Å²) in [6.07, 6.45) is 1.50. The quantitative estimate of drug-likeness (QED) is 0.847. The van der Waals surface area contributed by atoms with Gasteiger partial charge in [-0.15, -0.1) is 12.4 Å². The van der Waals surface area contributed by atoms with Crippen LogP contribution in [0.15, 0.2) is 17.3 Å². The highest BCUT2D eigenvalue weighted by Crippen LogP contribution is 2.19. The summed E-state index contributed by atoms with van der Waals surface area (Å²) in [6, 6.07) is 1.68. The number of nitrogens with zero attached hydrogens (tertiary/aromatic N) is 3. The molecule has 1 aliphatic rings. The molecule has 1 saturated heterocycles. The van der Waals surface area contributed by atoms with Gasteiger partial charge in [-0.3, -0.25) is 4.68 Å². The van der Waals surface area contributed by atoms with E-state index in [1.54, 1.807) is 11.4 Å². The summed E-state index contributed by atoms with van der Waals surface area (Å²) in [7, 11) is -1.80. The molecule has 1 aromatic heterocycles. The molecule has 1 N–H and O–H groups in total. The molecule has 0 saturated carbocycles. The highest BCUT2D eigenvalue weighted by atomic mass is 35.5. The van der Waals surface area contributed by atoms with Crippen LogP contribution >= 0.6 is 12.4 Å². The number of nitrogens with one attached hydrogen (secondary N) is 1. The normalized spacial score (nSPS) is 25.7. The van der Waals surface area contributed by atoms with E-state index >= 15 is 0 Å². The van der Waals surface area contributed by atoms with Crippen molar-refractivity contribution in [1.82, 2.24) is 19.4 Å². The van der Waals surface area contributed by atoms with E-state index in [-0.39, 0.29) is 29.5 Å². The maximum Gasteiger partial charge on any atom is 0.260 e. The van der Waals surface area contributed by atoms with Gasteiger partial charge in [0.05, 0.1) is 6.20 Å². The third-order valence-corrected chi connectivity index (χ3v) is 5.11. The molecule has 0 aliphatic carbocycles. The number of hydrogen-bond acceptors (Lipinski definition) is 4. The second-order valence-corrected chi connectivity index (χ2v) is 6.36. The summed E-state index contributed by atoms with van der Waals surface area (Å²) in [6.45, 7) is 5.07. The Morgan fingerprint density at radius 3 is 2.67 bits per heavy atom. The minimum absolute atomic E-state index is 0. The van der Waals surface area contributed by atoms with E-state index < -0.39 is 10.0 Å². The van der Waals surface area contributed by atoms with Crippen LogP contribution in [0.25, 0.3) is 0 Å². The maximum absolute atomic E-state index is 12.5. The van der Waals surface area contributed by atoms with Crippen LogP contribution in [0.4, 0.5) is 0 Å². The Labute approximate surface area is 114 Å². The summed E-state index contributed by atoms with van der Waals surface area (Å²) >= 11 is 0. The van der Waals surface area contributed by atoms with Gasteiger partial charge in [0.1, 0.15) is 0 Å². The van der Waals surface area contributed by atoms with Crippen LogP contribution in [-0.4, -0.2) is 47.7 Å². The summed E-state index contributed by atoms with van der Waals surface area (Å²) in [4.78, 5) is 0. The monoisotopic (exact) mass is 294 g/mol. The summed E-state index contributed by atoms with van der Waals surface area (Å²) in [5.41, 5.74) is 0. The van der Waals surface area contributed by atoms with Crippen LogP contribution < -0.4 is 5.32 Å². The van der Waals surface area contributed by atoms with E-state index in [1.165, 1.54) is 16.9 Å². The van der Waals surface area contributed by atoms with Crippen molar-refractivity contribution in [2.24, 2.45) is 7.05 Å². The Kier molecular flexibility index (Phi) is 4.77. The van der Waals surface area contributed by atoms with Crippen LogP contribution in [-0.2, 0) is 17.1 Å². The van der Waals surface area contributed by atoms with E-state index in [1.807, 2.05) is 13.8 Å². The van der Waals surface area contributed by atoms with Gasteiger partial charge in [-0.25, -0.2) is 8.42 Å². The van der Waals surface area contributed by atoms with Crippen molar-refractivity contribution in [2.45, 2.75) is 31.0 Å². The first-order valence-corrected chi connectivity index (χ1v) is 7.10. The first kappa shape index (κ1) is 15.4. The fourth-order valence-corrected chi connectivity index (χ4v) is 3.88. The molecule has 8 heteroatoms. The standard InChI is InChI=1S/C10H18N4O2S.ClH/c1-8-7-14(9(2)6-11-8)17(15,16)10-4-5-12-13(10)3;/h4-5,8-9,11H,6-7H2,1-3H3;1H. The fraction of sp³-hybridized carbons (Fsp3) is 0.700. The number of piperazine rings is 1. The topological polar surface area (TPSA) is 67.2 Å². The van der Waals surface area contributed by atoms with Crippen LogP contribution in [0.2, 0.25) is 0 Å². The molecule has 0 radical (unpaired) electrons. The largest absolute Gasteiger partial charge is 0.311 e. The van der Waals surface area contributed by atoms with Crippen molar-refractivity contribution >= 4 is 22.4 Å². The molecule has 104 valence electrons. The summed E-state index contributed by atoms with van der Waals surface area (Å²) in [5, 5.41) is 7.43. The van der Waals surface area contributed by atoms with E-state index in [2.05, 4.69) is 10.4 Å². The minimum atomic E-state index is -3.44. The van der Waals surface area contributed by atoms with Gasteiger partial charge in [0.25, 0.3) is 10.0 Å². The summed E-state index contributed by atoms with van der Waals surface area (Å²) < 4.78 is 27.9. The molecule has 1 aromatic rings. The number of sulfonamides is 1. The molecule has 1 aliphatic heterocycles. The Hall–Kier alpha value is -0.630. The number of hydrogen-bond donors (Lipinski definition) is 1. The van der Waals surface area contributed by atoms with Crippen molar-refractivity contribution in [3.8, 4) is 0 Å². The molecule has 1 fully saturated rings. The Morgan fingerprint density at radius 1 is 1.44 bits per heavy atom. The summed E-state index contributed by atoms with van der Waals surface area (Å²) in [5.74, 6) is 0. The van der Waals surface area contributed by atoms with Gasteiger partial charge < -0.3 is 5.32 Å². The zero-order valence-corrected chi connectivity index (χ0v) is 12.3. The Bertz CT molecular complexity index is 502. The van der Waals surface area contributed by atoms with Crippen LogP contribution in [0.3, 0.4) is 0 Å². The first-order valence-electron chi connectivity index (χ1n) is 5.66. The molecule has 0 amide bonds. The number of aryl methyl sites for hydroxylation is 1. The van der Waals surface area contributed by atoms with Gasteiger partial charge in [0.2, 0.25) is 0 Å². The minimum Gasteiger partial charge on any atom is -0.311 e. The van der Waals surface area contributed by atoms with Crippen LogP contribution in [0, 0.1) is 0 Å². The highest BCUT2D eigenvalue weighted by molar-refractivity contribution is 7.89. The Balaban J connectivity index is 0.00000162. The predicted octanol–water partition coefficient (Wildman–Crippen LogP) is 0.213. The number of aromatic nitrogens is 2. The van der Waals surface area contributed by atoms with Crippen molar-refractivity contribution in [2.75, 3.05) is 13.1 Å². The van der Waals surface area contributed by atoms with Crippen molar-refractivity contribution in [3.05, 3.63) is 12.3 Å². The number of halogens is 1. The van der Waals surface area contributed by atoms with E-state index in [9.17, 15) is 8.42 Å². The van der Waals surface area contributed by atoms with Gasteiger partial charge >= 0.3 is 0 Å². The Morgan fingerprint density at radius 2 is 2.11 bits per heavy atom. The second kappa shape index (κ2) is 5.56. The molecular formula is C10H19ClN4O2S. The zero-order chi connectivity index (χ0) is 12.6. The first-order chi connectivity index (χ1) is 7.93. The van der Waals surface area contributed by atoms with Gasteiger partial charge in [0.15, 0.2) is 5.03 Å². The average Bonchev–Trinajstić information content (AvgIpc) is 2.68. The molecule has 2 unspecified atom stereocenters.